The van der Waals surface area contributed by atoms with Crippen molar-refractivity contribution in [3.63, 3.8) is 0 Å². The van der Waals surface area contributed by atoms with Crippen LogP contribution in [0.1, 0.15) is 71.1 Å². The first-order valence-electron chi connectivity index (χ1n) is 10.5. The van der Waals surface area contributed by atoms with E-state index in [0.717, 1.165) is 16.8 Å². The van der Waals surface area contributed by atoms with Gasteiger partial charge in [-0.25, -0.2) is 23.3 Å². The first-order chi connectivity index (χ1) is 15.7. The number of alkyl halides is 2. The number of rotatable bonds is 4. The van der Waals surface area contributed by atoms with Gasteiger partial charge < -0.3 is 19.4 Å². The summed E-state index contributed by atoms with van der Waals surface area (Å²) in [6.07, 6.45) is 0.751. The molecule has 1 atom stereocenters. The normalized spacial score (nSPS) is 16.6. The first-order valence-corrected chi connectivity index (χ1v) is 10.5. The molecule has 0 saturated carbocycles. The van der Waals surface area contributed by atoms with Crippen LogP contribution in [0.2, 0.25) is 0 Å². The number of carbonyl (C=O) groups is 1. The first kappa shape index (κ1) is 21.3. The number of aromatic nitrogens is 5. The Morgan fingerprint density at radius 3 is 2.82 bits per heavy atom. The summed E-state index contributed by atoms with van der Waals surface area (Å²) in [4.78, 5) is 26.3. The number of oxazole rings is 1. The molecule has 0 spiro atoms. The Hall–Kier alpha value is -3.60. The largest absolute Gasteiger partial charge is 0.432 e. The Kier molecular flexibility index (Phi) is 4.82. The molecule has 11 heteroatoms. The highest BCUT2D eigenvalue weighted by atomic mass is 19.3. The minimum atomic E-state index is -3.05. The molecular weight excluding hydrogens is 434 g/mol. The molecule has 5 heterocycles. The summed E-state index contributed by atoms with van der Waals surface area (Å²) in [6, 6.07) is 4.93. The second kappa shape index (κ2) is 7.48. The number of H-pyrrole nitrogens is 1. The zero-order valence-corrected chi connectivity index (χ0v) is 18.2. The van der Waals surface area contributed by atoms with Gasteiger partial charge in [0, 0.05) is 30.4 Å². The van der Waals surface area contributed by atoms with E-state index in [0.29, 0.717) is 17.8 Å². The van der Waals surface area contributed by atoms with Crippen molar-refractivity contribution in [3.8, 4) is 0 Å². The summed E-state index contributed by atoms with van der Waals surface area (Å²) in [5, 5.41) is 14.9. The number of hydrogen-bond donors (Lipinski definition) is 2. The predicted octanol–water partition coefficient (Wildman–Crippen LogP) is 3.31. The van der Waals surface area contributed by atoms with Gasteiger partial charge in [-0.1, -0.05) is 6.07 Å². The van der Waals surface area contributed by atoms with Crippen LogP contribution in [0, 0.1) is 6.92 Å². The molecular formula is C22H22F2N6O3. The molecule has 1 aliphatic rings. The Bertz CT molecular complexity index is 1350. The van der Waals surface area contributed by atoms with E-state index in [1.54, 1.807) is 17.0 Å². The molecule has 0 aromatic carbocycles. The smallest absolute Gasteiger partial charge is 0.292 e. The summed E-state index contributed by atoms with van der Waals surface area (Å²) in [6.45, 7) is 4.82. The van der Waals surface area contributed by atoms with Crippen LogP contribution in [0.3, 0.4) is 0 Å². The van der Waals surface area contributed by atoms with Crippen LogP contribution in [-0.2, 0) is 12.0 Å². The van der Waals surface area contributed by atoms with Crippen LogP contribution in [0.25, 0.3) is 5.52 Å². The molecule has 5 rings (SSSR count). The lowest BCUT2D eigenvalue weighted by molar-refractivity contribution is 0.0440. The number of aryl methyl sites for hydroxylation is 1. The molecule has 1 amide bonds. The third-order valence-electron chi connectivity index (χ3n) is 5.85. The van der Waals surface area contributed by atoms with Crippen molar-refractivity contribution in [2.75, 3.05) is 6.54 Å². The van der Waals surface area contributed by atoms with Crippen LogP contribution in [0.15, 0.2) is 35.1 Å². The number of pyridine rings is 1. The lowest BCUT2D eigenvalue weighted by Crippen LogP contribution is -2.41. The van der Waals surface area contributed by atoms with Gasteiger partial charge in [-0.2, -0.15) is 5.10 Å². The number of amides is 1. The van der Waals surface area contributed by atoms with E-state index in [1.807, 2.05) is 25.1 Å². The summed E-state index contributed by atoms with van der Waals surface area (Å²) in [5.74, 6) is -1.70. The molecule has 4 aromatic heterocycles. The molecule has 4 aromatic rings. The van der Waals surface area contributed by atoms with Crippen LogP contribution in [0.5, 0.6) is 0 Å². The van der Waals surface area contributed by atoms with Gasteiger partial charge in [0.2, 0.25) is 11.7 Å². The van der Waals surface area contributed by atoms with E-state index >= 15 is 0 Å². The molecule has 0 aliphatic carbocycles. The fraction of sp³-hybridized carbons (Fsp3) is 0.364. The van der Waals surface area contributed by atoms with Gasteiger partial charge in [-0.15, -0.1) is 0 Å². The maximum Gasteiger partial charge on any atom is 0.292 e. The van der Waals surface area contributed by atoms with Crippen LogP contribution < -0.4 is 0 Å². The average Bonchev–Trinajstić information content (AvgIpc) is 3.49. The fourth-order valence-corrected chi connectivity index (χ4v) is 4.20. The van der Waals surface area contributed by atoms with E-state index in [4.69, 9.17) is 4.42 Å². The third-order valence-corrected chi connectivity index (χ3v) is 5.85. The number of aliphatic hydroxyl groups is 1. The van der Waals surface area contributed by atoms with E-state index in [9.17, 15) is 18.7 Å². The van der Waals surface area contributed by atoms with E-state index < -0.39 is 35.4 Å². The zero-order valence-electron chi connectivity index (χ0n) is 18.2. The number of imidazole rings is 1. The maximum absolute atomic E-state index is 13.8. The van der Waals surface area contributed by atoms with Crippen molar-refractivity contribution in [2.45, 2.75) is 45.3 Å². The van der Waals surface area contributed by atoms with Crippen molar-refractivity contribution in [2.24, 2.45) is 0 Å². The van der Waals surface area contributed by atoms with Gasteiger partial charge in [-0.05, 0) is 32.9 Å². The maximum atomic E-state index is 13.8. The summed E-state index contributed by atoms with van der Waals surface area (Å²) >= 11 is 0. The van der Waals surface area contributed by atoms with Crippen molar-refractivity contribution < 1.29 is 23.1 Å². The SMILES string of the molecule is Cc1c([C@H]2c3nc[nH]c3CCN2C(=O)c2oc(C(C)(C)O)nc2C(F)F)nn2ccccc12. The number of aromatic amines is 1. The molecule has 2 N–H and O–H groups in total. The third kappa shape index (κ3) is 3.39. The van der Waals surface area contributed by atoms with Gasteiger partial charge in [0.25, 0.3) is 12.3 Å². The number of halogens is 2. The molecule has 0 unspecified atom stereocenters. The number of carbonyl (C=O) groups excluding carboxylic acids is 1. The second-order valence-electron chi connectivity index (χ2n) is 8.55. The summed E-state index contributed by atoms with van der Waals surface area (Å²) < 4.78 is 34.6. The highest BCUT2D eigenvalue weighted by Gasteiger charge is 2.41. The van der Waals surface area contributed by atoms with E-state index in [-0.39, 0.29) is 12.4 Å². The van der Waals surface area contributed by atoms with Gasteiger partial charge in [0.15, 0.2) is 5.69 Å². The summed E-state index contributed by atoms with van der Waals surface area (Å²) in [7, 11) is 0. The molecule has 0 fully saturated rings. The quantitative estimate of drug-likeness (QED) is 0.487. The monoisotopic (exact) mass is 456 g/mol. The van der Waals surface area contributed by atoms with Crippen molar-refractivity contribution in [1.29, 1.82) is 0 Å². The molecule has 1 aliphatic heterocycles. The average molecular weight is 456 g/mol. The number of nitrogens with one attached hydrogen (secondary N) is 1. The minimum absolute atomic E-state index is 0.229. The van der Waals surface area contributed by atoms with Gasteiger partial charge in [0.05, 0.1) is 23.2 Å². The topological polar surface area (TPSA) is 113 Å². The van der Waals surface area contributed by atoms with Crippen molar-refractivity contribution in [3.05, 3.63) is 70.7 Å². The van der Waals surface area contributed by atoms with Gasteiger partial charge in [0.1, 0.15) is 11.6 Å². The van der Waals surface area contributed by atoms with Gasteiger partial charge in [-0.3, -0.25) is 4.79 Å². The van der Waals surface area contributed by atoms with E-state index in [2.05, 4.69) is 20.1 Å². The molecule has 0 saturated heterocycles. The lowest BCUT2D eigenvalue weighted by atomic mass is 9.97. The molecule has 172 valence electrons. The van der Waals surface area contributed by atoms with Crippen LogP contribution >= 0.6 is 0 Å². The standard InChI is InChI=1S/C22H22F2N6O3/c1-11-13-6-4-5-8-30(13)28-14(11)17-15-12(25-10-26-15)7-9-29(17)20(31)18-16(19(23)24)27-21(33-18)22(2,3)32/h4-6,8,10,17,19,32H,7,9H2,1-3H3,(H,25,26)/t17-/m0/s1. The minimum Gasteiger partial charge on any atom is -0.432 e. The van der Waals surface area contributed by atoms with Crippen molar-refractivity contribution in [1.82, 2.24) is 29.5 Å². The molecule has 0 radical (unpaired) electrons. The van der Waals surface area contributed by atoms with Crippen LogP contribution in [-0.4, -0.2) is 47.0 Å². The van der Waals surface area contributed by atoms with Gasteiger partial charge >= 0.3 is 0 Å². The fourth-order valence-electron chi connectivity index (χ4n) is 4.20. The van der Waals surface area contributed by atoms with Crippen molar-refractivity contribution >= 4 is 11.4 Å². The molecule has 9 nitrogen and oxygen atoms in total. The molecule has 33 heavy (non-hydrogen) atoms. The van der Waals surface area contributed by atoms with E-state index in [1.165, 1.54) is 18.7 Å². The predicted molar refractivity (Wildman–Crippen MR) is 112 cm³/mol. The number of fused-ring (bicyclic) bond motifs is 2. The highest BCUT2D eigenvalue weighted by molar-refractivity contribution is 5.93. The number of hydrogen-bond acceptors (Lipinski definition) is 6. The second-order valence-corrected chi connectivity index (χ2v) is 8.55. The van der Waals surface area contributed by atoms with Crippen LogP contribution in [0.4, 0.5) is 8.78 Å². The zero-order chi connectivity index (χ0) is 23.5. The Labute approximate surface area is 187 Å². The lowest BCUT2D eigenvalue weighted by Gasteiger charge is -2.33. The Balaban J connectivity index is 1.65. The highest BCUT2D eigenvalue weighted by Crippen LogP contribution is 2.38. The Morgan fingerprint density at radius 2 is 2.12 bits per heavy atom. The summed E-state index contributed by atoms with van der Waals surface area (Å²) in [5.41, 5.74) is 1.32. The molecule has 0 bridgehead atoms. The number of nitrogens with zero attached hydrogens (tertiary/aromatic N) is 5. The Morgan fingerprint density at radius 1 is 1.33 bits per heavy atom.